The summed E-state index contributed by atoms with van der Waals surface area (Å²) >= 11 is 6.85. The Hall–Kier alpha value is -2.52. The molecule has 3 heterocycles. The molecule has 0 saturated heterocycles. The predicted octanol–water partition coefficient (Wildman–Crippen LogP) is 4.58. The number of carbonyl (C=O) groups excluding carboxylic acids is 1. The average Bonchev–Trinajstić information content (AvgIpc) is 2.73. The third-order valence-corrected chi connectivity index (χ3v) is 7.06. The SMILES string of the molecule is COC(=O)[C@@]1(C)SC(N)=N[C@](C)(c2cc(/C=C(\F)c3ccc(Cl)cn3)cnc2F)[C@@H]1C. The maximum atomic E-state index is 14.9. The minimum Gasteiger partial charge on any atom is -0.468 e. The lowest BCUT2D eigenvalue weighted by Gasteiger charge is -2.45. The molecule has 3 rings (SSSR count). The predicted molar refractivity (Wildman–Crippen MR) is 119 cm³/mol. The van der Waals surface area contributed by atoms with Crippen LogP contribution in [-0.4, -0.2) is 33.0 Å². The van der Waals surface area contributed by atoms with E-state index in [2.05, 4.69) is 15.0 Å². The molecule has 0 aromatic carbocycles. The van der Waals surface area contributed by atoms with Crippen molar-refractivity contribution in [3.8, 4) is 0 Å². The highest BCUT2D eigenvalue weighted by atomic mass is 35.5. The second-order valence-electron chi connectivity index (χ2n) is 7.48. The first-order valence-corrected chi connectivity index (χ1v) is 10.5. The number of carbonyl (C=O) groups is 1. The first-order valence-electron chi connectivity index (χ1n) is 9.29. The van der Waals surface area contributed by atoms with Gasteiger partial charge in [0.1, 0.15) is 10.6 Å². The third-order valence-electron chi connectivity index (χ3n) is 5.59. The highest BCUT2D eigenvalue weighted by Gasteiger charge is 2.54. The van der Waals surface area contributed by atoms with Gasteiger partial charge in [-0.15, -0.1) is 0 Å². The van der Waals surface area contributed by atoms with Crippen molar-refractivity contribution in [2.75, 3.05) is 7.11 Å². The van der Waals surface area contributed by atoms with Crippen LogP contribution in [0.4, 0.5) is 8.78 Å². The third kappa shape index (κ3) is 4.29. The Kier molecular flexibility index (Phi) is 6.38. The largest absolute Gasteiger partial charge is 0.468 e. The highest BCUT2D eigenvalue weighted by Crippen LogP contribution is 2.50. The number of rotatable bonds is 4. The number of halogens is 3. The molecular weight excluding hydrogens is 446 g/mol. The number of esters is 1. The number of nitrogens with zero attached hydrogens (tertiary/aromatic N) is 3. The van der Waals surface area contributed by atoms with Crippen molar-refractivity contribution in [1.29, 1.82) is 0 Å². The van der Waals surface area contributed by atoms with E-state index < -0.39 is 33.9 Å². The van der Waals surface area contributed by atoms with Crippen molar-refractivity contribution in [3.05, 3.63) is 58.4 Å². The molecule has 3 atom stereocenters. The van der Waals surface area contributed by atoms with Gasteiger partial charge in [0, 0.05) is 23.9 Å². The molecule has 2 aromatic heterocycles. The molecule has 0 radical (unpaired) electrons. The van der Waals surface area contributed by atoms with Gasteiger partial charge in [0.15, 0.2) is 5.17 Å². The minimum atomic E-state index is -1.24. The second-order valence-corrected chi connectivity index (χ2v) is 9.39. The molecule has 2 aromatic rings. The Balaban J connectivity index is 2.08. The number of pyridine rings is 2. The number of hydrogen-bond acceptors (Lipinski definition) is 7. The summed E-state index contributed by atoms with van der Waals surface area (Å²) in [5, 5.41) is 0.494. The van der Waals surface area contributed by atoms with E-state index in [1.807, 2.05) is 0 Å². The maximum absolute atomic E-state index is 14.9. The molecule has 0 unspecified atom stereocenters. The summed E-state index contributed by atoms with van der Waals surface area (Å²) < 4.78 is 33.4. The van der Waals surface area contributed by atoms with Crippen LogP contribution in [0.25, 0.3) is 11.9 Å². The zero-order chi connectivity index (χ0) is 23.0. The van der Waals surface area contributed by atoms with E-state index in [0.717, 1.165) is 11.8 Å². The summed E-state index contributed by atoms with van der Waals surface area (Å²) in [6.45, 7) is 5.10. The van der Waals surface area contributed by atoms with Gasteiger partial charge < -0.3 is 10.5 Å². The summed E-state index contributed by atoms with van der Waals surface area (Å²) in [4.78, 5) is 24.7. The zero-order valence-corrected chi connectivity index (χ0v) is 18.9. The Bertz CT molecular complexity index is 1080. The lowest BCUT2D eigenvalue weighted by Crippen LogP contribution is -2.53. The molecule has 0 saturated carbocycles. The number of aromatic nitrogens is 2. The first-order chi connectivity index (χ1) is 14.5. The van der Waals surface area contributed by atoms with Crippen LogP contribution in [0.15, 0.2) is 35.6 Å². The number of nitrogens with two attached hydrogens (primary N) is 1. The van der Waals surface area contributed by atoms with Crippen LogP contribution < -0.4 is 5.73 Å². The molecule has 10 heteroatoms. The van der Waals surface area contributed by atoms with Crippen molar-refractivity contribution in [2.24, 2.45) is 16.6 Å². The maximum Gasteiger partial charge on any atom is 0.322 e. The number of aliphatic imine (C=N–C) groups is 1. The lowest BCUT2D eigenvalue weighted by atomic mass is 9.74. The number of methoxy groups -OCH3 is 1. The van der Waals surface area contributed by atoms with E-state index in [0.29, 0.717) is 10.6 Å². The monoisotopic (exact) mass is 466 g/mol. The van der Waals surface area contributed by atoms with E-state index in [4.69, 9.17) is 22.1 Å². The van der Waals surface area contributed by atoms with Crippen molar-refractivity contribution in [1.82, 2.24) is 9.97 Å². The molecule has 0 aliphatic carbocycles. The van der Waals surface area contributed by atoms with Crippen LogP contribution >= 0.6 is 23.4 Å². The van der Waals surface area contributed by atoms with Gasteiger partial charge in [-0.3, -0.25) is 14.8 Å². The Morgan fingerprint density at radius 3 is 2.65 bits per heavy atom. The molecule has 0 bridgehead atoms. The van der Waals surface area contributed by atoms with Crippen LogP contribution in [0.5, 0.6) is 0 Å². The normalized spacial score (nSPS) is 26.4. The van der Waals surface area contributed by atoms with E-state index in [9.17, 15) is 13.6 Å². The van der Waals surface area contributed by atoms with Gasteiger partial charge in [-0.2, -0.15) is 4.39 Å². The number of thioether (sulfide) groups is 1. The fraction of sp³-hybridized carbons (Fsp3) is 0.333. The van der Waals surface area contributed by atoms with E-state index in [-0.39, 0.29) is 16.4 Å². The molecule has 6 nitrogen and oxygen atoms in total. The summed E-state index contributed by atoms with van der Waals surface area (Å²) in [5.41, 5.74) is 5.22. The second kappa shape index (κ2) is 8.55. The minimum absolute atomic E-state index is 0.0736. The van der Waals surface area contributed by atoms with Gasteiger partial charge in [0.25, 0.3) is 0 Å². The topological polar surface area (TPSA) is 90.5 Å². The highest BCUT2D eigenvalue weighted by molar-refractivity contribution is 8.15. The van der Waals surface area contributed by atoms with Gasteiger partial charge in [-0.1, -0.05) is 30.3 Å². The standard InChI is InChI=1S/C21H21ClF2N4O2S/c1-11-20(2,28-19(25)31-21(11,3)18(29)30-4)14-7-12(9-27-17(14)24)8-15(23)16-6-5-13(22)10-26-16/h5-11H,1-4H3,(H2,25,28)/b15-8-/t11-,20-,21-/m0/s1. The smallest absolute Gasteiger partial charge is 0.322 e. The van der Waals surface area contributed by atoms with Gasteiger partial charge in [-0.05, 0) is 43.7 Å². The van der Waals surface area contributed by atoms with Crippen molar-refractivity contribution < 1.29 is 18.3 Å². The lowest BCUT2D eigenvalue weighted by molar-refractivity contribution is -0.145. The van der Waals surface area contributed by atoms with Crippen LogP contribution in [-0.2, 0) is 15.1 Å². The van der Waals surface area contributed by atoms with E-state index >= 15 is 0 Å². The molecule has 164 valence electrons. The quantitative estimate of drug-likeness (QED) is 0.524. The molecule has 0 amide bonds. The molecule has 1 aliphatic heterocycles. The number of ether oxygens (including phenoxy) is 1. The molecule has 1 aliphatic rings. The van der Waals surface area contributed by atoms with Crippen molar-refractivity contribution in [3.63, 3.8) is 0 Å². The Morgan fingerprint density at radius 1 is 1.32 bits per heavy atom. The molecule has 0 spiro atoms. The fourth-order valence-corrected chi connectivity index (χ4v) is 4.89. The van der Waals surface area contributed by atoms with Crippen LogP contribution in [0, 0.1) is 11.9 Å². The first kappa shape index (κ1) is 23.1. The Morgan fingerprint density at radius 2 is 2.03 bits per heavy atom. The van der Waals surface area contributed by atoms with Gasteiger partial charge in [0.2, 0.25) is 5.95 Å². The summed E-state index contributed by atoms with van der Waals surface area (Å²) in [7, 11) is 1.28. The molecule has 31 heavy (non-hydrogen) atoms. The molecule has 0 fully saturated rings. The summed E-state index contributed by atoms with van der Waals surface area (Å²) in [6, 6.07) is 4.39. The zero-order valence-electron chi connectivity index (χ0n) is 17.3. The van der Waals surface area contributed by atoms with Gasteiger partial charge in [0.05, 0.1) is 23.4 Å². The van der Waals surface area contributed by atoms with E-state index in [1.165, 1.54) is 43.8 Å². The van der Waals surface area contributed by atoms with Gasteiger partial charge in [-0.25, -0.2) is 9.37 Å². The Labute approximate surface area is 188 Å². The van der Waals surface area contributed by atoms with Crippen molar-refractivity contribution >= 4 is 46.4 Å². The van der Waals surface area contributed by atoms with Crippen molar-refractivity contribution in [2.45, 2.75) is 31.1 Å². The van der Waals surface area contributed by atoms with Crippen LogP contribution in [0.1, 0.15) is 37.6 Å². The van der Waals surface area contributed by atoms with Gasteiger partial charge >= 0.3 is 5.97 Å². The summed E-state index contributed by atoms with van der Waals surface area (Å²) in [6.07, 6.45) is 3.71. The fourth-order valence-electron chi connectivity index (χ4n) is 3.54. The average molecular weight is 467 g/mol. The van der Waals surface area contributed by atoms with E-state index in [1.54, 1.807) is 20.8 Å². The number of hydrogen-bond donors (Lipinski definition) is 1. The molecule has 2 N–H and O–H groups in total. The molecular formula is C21H21ClF2N4O2S. The summed E-state index contributed by atoms with van der Waals surface area (Å²) in [5.74, 6) is -2.45. The number of amidine groups is 1. The van der Waals surface area contributed by atoms with Crippen LogP contribution in [0.3, 0.4) is 0 Å². The van der Waals surface area contributed by atoms with Crippen LogP contribution in [0.2, 0.25) is 5.02 Å².